The minimum atomic E-state index is 0. The van der Waals surface area contributed by atoms with E-state index in [9.17, 15) is 0 Å². The molecule has 2 rings (SSSR count). The molecule has 0 radical (unpaired) electrons. The third-order valence-electron chi connectivity index (χ3n) is 4.94. The lowest BCUT2D eigenvalue weighted by Crippen LogP contribution is -2.49. The molecule has 0 aliphatic carbocycles. The van der Waals surface area contributed by atoms with Crippen molar-refractivity contribution in [3.8, 4) is 0 Å². The Labute approximate surface area is 187 Å². The van der Waals surface area contributed by atoms with Crippen LogP contribution in [0.5, 0.6) is 0 Å². The Bertz CT molecular complexity index is 558. The van der Waals surface area contributed by atoms with E-state index in [2.05, 4.69) is 78.5 Å². The summed E-state index contributed by atoms with van der Waals surface area (Å²) >= 11 is 1.78. The molecule has 7 heteroatoms. The quantitative estimate of drug-likeness (QED) is 0.267. The fourth-order valence-electron chi connectivity index (χ4n) is 3.15. The summed E-state index contributed by atoms with van der Waals surface area (Å²) in [4.78, 5) is 13.4. The van der Waals surface area contributed by atoms with Crippen molar-refractivity contribution >= 4 is 41.7 Å². The highest BCUT2D eigenvalue weighted by Gasteiger charge is 2.19. The molecule has 1 N–H and O–H groups in total. The van der Waals surface area contributed by atoms with Gasteiger partial charge in [-0.05, 0) is 44.8 Å². The van der Waals surface area contributed by atoms with E-state index >= 15 is 0 Å². The summed E-state index contributed by atoms with van der Waals surface area (Å²) in [6, 6.07) is 9.27. The van der Waals surface area contributed by atoms with Gasteiger partial charge in [0.25, 0.3) is 0 Å². The second kappa shape index (κ2) is 12.9. The summed E-state index contributed by atoms with van der Waals surface area (Å²) < 4.78 is 0. The topological polar surface area (TPSA) is 34.1 Å². The first kappa shape index (κ1) is 24.5. The first-order chi connectivity index (χ1) is 12.5. The maximum atomic E-state index is 4.91. The fraction of sp³-hybridized carbons (Fsp3) is 0.650. The highest BCUT2D eigenvalue weighted by atomic mass is 127. The van der Waals surface area contributed by atoms with Crippen molar-refractivity contribution in [2.24, 2.45) is 4.99 Å². The van der Waals surface area contributed by atoms with Gasteiger partial charge in [0.15, 0.2) is 5.96 Å². The van der Waals surface area contributed by atoms with Gasteiger partial charge in [-0.15, -0.1) is 35.7 Å². The monoisotopic (exact) mass is 505 g/mol. The first-order valence-corrected chi connectivity index (χ1v) is 10.8. The van der Waals surface area contributed by atoms with Crippen LogP contribution in [-0.2, 0) is 6.54 Å². The Morgan fingerprint density at radius 1 is 1.22 bits per heavy atom. The molecule has 1 saturated heterocycles. The fourth-order valence-corrected chi connectivity index (χ4v) is 3.55. The van der Waals surface area contributed by atoms with Crippen LogP contribution in [0, 0.1) is 0 Å². The van der Waals surface area contributed by atoms with E-state index in [1.165, 1.54) is 10.5 Å². The first-order valence-electron chi connectivity index (χ1n) is 9.58. The molecule has 0 spiro atoms. The molecule has 1 atom stereocenters. The SMILES string of the molecule is CCNC(=NCC(C)N1CCN(C)CC1)N(C)Cc1ccc(SC)cc1.I. The Balaban J connectivity index is 0.00000364. The Kier molecular flexibility index (Phi) is 11.7. The van der Waals surface area contributed by atoms with Crippen molar-refractivity contribution in [1.82, 2.24) is 20.0 Å². The number of guanidine groups is 1. The lowest BCUT2D eigenvalue weighted by Gasteiger charge is -2.36. The average molecular weight is 506 g/mol. The average Bonchev–Trinajstić information content (AvgIpc) is 2.66. The van der Waals surface area contributed by atoms with E-state index in [-0.39, 0.29) is 24.0 Å². The summed E-state index contributed by atoms with van der Waals surface area (Å²) in [6.45, 7) is 11.6. The van der Waals surface area contributed by atoms with Gasteiger partial charge in [0, 0.05) is 57.3 Å². The number of nitrogens with one attached hydrogen (secondary N) is 1. The lowest BCUT2D eigenvalue weighted by atomic mass is 10.2. The van der Waals surface area contributed by atoms with Crippen LogP contribution in [0.15, 0.2) is 34.2 Å². The van der Waals surface area contributed by atoms with Crippen LogP contribution < -0.4 is 5.32 Å². The number of piperazine rings is 1. The number of benzene rings is 1. The van der Waals surface area contributed by atoms with E-state index in [4.69, 9.17) is 4.99 Å². The van der Waals surface area contributed by atoms with Crippen molar-refractivity contribution in [3.05, 3.63) is 29.8 Å². The van der Waals surface area contributed by atoms with Crippen LogP contribution >= 0.6 is 35.7 Å². The Morgan fingerprint density at radius 2 is 1.85 bits per heavy atom. The predicted octanol–water partition coefficient (Wildman–Crippen LogP) is 3.06. The molecule has 27 heavy (non-hydrogen) atoms. The van der Waals surface area contributed by atoms with Crippen LogP contribution in [0.25, 0.3) is 0 Å². The minimum Gasteiger partial charge on any atom is -0.357 e. The zero-order chi connectivity index (χ0) is 18.9. The minimum absolute atomic E-state index is 0. The van der Waals surface area contributed by atoms with E-state index in [1.54, 1.807) is 11.8 Å². The van der Waals surface area contributed by atoms with Gasteiger partial charge in [0.2, 0.25) is 0 Å². The summed E-state index contributed by atoms with van der Waals surface area (Å²) in [5.74, 6) is 0.988. The number of aliphatic imine (C=N–C) groups is 1. The Hall–Kier alpha value is -0.510. The molecule has 1 fully saturated rings. The molecular formula is C20H36IN5S. The standard InChI is InChI=1S/C20H35N5S.HI/c1-6-21-20(22-15-17(2)25-13-11-23(3)12-14-25)24(4)16-18-7-9-19(26-5)10-8-18;/h7-10,17H,6,11-16H2,1-5H3,(H,21,22);1H. The van der Waals surface area contributed by atoms with Crippen LogP contribution in [0.1, 0.15) is 19.4 Å². The number of hydrogen-bond donors (Lipinski definition) is 1. The van der Waals surface area contributed by atoms with Gasteiger partial charge >= 0.3 is 0 Å². The van der Waals surface area contributed by atoms with Gasteiger partial charge in [0.05, 0.1) is 6.54 Å². The predicted molar refractivity (Wildman–Crippen MR) is 130 cm³/mol. The van der Waals surface area contributed by atoms with Crippen molar-refractivity contribution in [2.45, 2.75) is 31.3 Å². The van der Waals surface area contributed by atoms with Crippen LogP contribution in [-0.4, -0.2) is 86.3 Å². The molecule has 0 saturated carbocycles. The van der Waals surface area contributed by atoms with Crippen LogP contribution in [0.4, 0.5) is 0 Å². The van der Waals surface area contributed by atoms with E-state index in [1.807, 2.05) is 0 Å². The molecule has 1 aliphatic rings. The number of rotatable bonds is 7. The van der Waals surface area contributed by atoms with Crippen molar-refractivity contribution < 1.29 is 0 Å². The van der Waals surface area contributed by atoms with Gasteiger partial charge in [0.1, 0.15) is 0 Å². The number of halogens is 1. The second-order valence-corrected chi connectivity index (χ2v) is 7.97. The highest BCUT2D eigenvalue weighted by molar-refractivity contribution is 14.0. The third-order valence-corrected chi connectivity index (χ3v) is 5.69. The van der Waals surface area contributed by atoms with Crippen LogP contribution in [0.2, 0.25) is 0 Å². The smallest absolute Gasteiger partial charge is 0.194 e. The van der Waals surface area contributed by atoms with Gasteiger partial charge < -0.3 is 15.1 Å². The van der Waals surface area contributed by atoms with Crippen molar-refractivity contribution in [2.75, 3.05) is 59.6 Å². The van der Waals surface area contributed by atoms with Crippen molar-refractivity contribution in [1.29, 1.82) is 0 Å². The van der Waals surface area contributed by atoms with Crippen molar-refractivity contribution in [3.63, 3.8) is 0 Å². The third kappa shape index (κ3) is 8.17. The lowest BCUT2D eigenvalue weighted by molar-refractivity contribution is 0.122. The van der Waals surface area contributed by atoms with Gasteiger partial charge in [-0.1, -0.05) is 12.1 Å². The maximum Gasteiger partial charge on any atom is 0.194 e. The summed E-state index contributed by atoms with van der Waals surface area (Å²) in [5.41, 5.74) is 1.31. The molecule has 0 aromatic heterocycles. The number of likely N-dealkylation sites (N-methyl/N-ethyl adjacent to an activating group) is 1. The van der Waals surface area contributed by atoms with Gasteiger partial charge in [-0.3, -0.25) is 9.89 Å². The molecule has 5 nitrogen and oxygen atoms in total. The molecule has 1 aliphatic heterocycles. The molecule has 1 aromatic rings. The summed E-state index contributed by atoms with van der Waals surface area (Å²) in [5, 5.41) is 3.44. The van der Waals surface area contributed by atoms with E-state index < -0.39 is 0 Å². The number of thioether (sulfide) groups is 1. The molecule has 1 unspecified atom stereocenters. The summed E-state index contributed by atoms with van der Waals surface area (Å²) in [7, 11) is 4.31. The largest absolute Gasteiger partial charge is 0.357 e. The summed E-state index contributed by atoms with van der Waals surface area (Å²) in [6.07, 6.45) is 2.11. The number of hydrogen-bond acceptors (Lipinski definition) is 4. The molecule has 0 amide bonds. The normalized spacial score (nSPS) is 17.3. The molecular weight excluding hydrogens is 469 g/mol. The highest BCUT2D eigenvalue weighted by Crippen LogP contribution is 2.15. The molecule has 154 valence electrons. The number of nitrogens with zero attached hydrogens (tertiary/aromatic N) is 4. The molecule has 0 bridgehead atoms. The molecule has 1 aromatic carbocycles. The molecule has 1 heterocycles. The maximum absolute atomic E-state index is 4.91. The second-order valence-electron chi connectivity index (χ2n) is 7.09. The van der Waals surface area contributed by atoms with Gasteiger partial charge in [-0.25, -0.2) is 0 Å². The zero-order valence-corrected chi connectivity index (χ0v) is 20.6. The zero-order valence-electron chi connectivity index (χ0n) is 17.4. The van der Waals surface area contributed by atoms with Gasteiger partial charge in [-0.2, -0.15) is 0 Å². The Morgan fingerprint density at radius 3 is 2.41 bits per heavy atom. The van der Waals surface area contributed by atoms with E-state index in [0.717, 1.165) is 51.8 Å². The van der Waals surface area contributed by atoms with E-state index in [0.29, 0.717) is 6.04 Å². The van der Waals surface area contributed by atoms with Crippen LogP contribution in [0.3, 0.4) is 0 Å².